The Morgan fingerprint density at radius 2 is 1.72 bits per heavy atom. The zero-order valence-corrected chi connectivity index (χ0v) is 13.0. The molecule has 1 aromatic rings. The van der Waals surface area contributed by atoms with Crippen LogP contribution in [0.3, 0.4) is 0 Å². The van der Waals surface area contributed by atoms with Crippen molar-refractivity contribution in [3.05, 3.63) is 28.7 Å². The summed E-state index contributed by atoms with van der Waals surface area (Å²) in [7, 11) is 0. The molecular formula is C15H24BrNO. The molecule has 3 heteroatoms. The Balaban J connectivity index is 1.94. The molecule has 0 spiro atoms. The molecule has 0 bridgehead atoms. The maximum Gasteiger partial charge on any atom is 0.119 e. The predicted octanol–water partition coefficient (Wildman–Crippen LogP) is 4.39. The van der Waals surface area contributed by atoms with Crippen LogP contribution in [0.2, 0.25) is 0 Å². The van der Waals surface area contributed by atoms with Crippen molar-refractivity contribution in [1.82, 2.24) is 5.32 Å². The summed E-state index contributed by atoms with van der Waals surface area (Å²) in [5.74, 6) is 0.958. The Labute approximate surface area is 119 Å². The summed E-state index contributed by atoms with van der Waals surface area (Å²) in [4.78, 5) is 0. The SMILES string of the molecule is CC(C)NCCCCCCOc1ccc(Br)cc1. The van der Waals surface area contributed by atoms with Gasteiger partial charge in [0.15, 0.2) is 0 Å². The molecule has 0 aliphatic carbocycles. The van der Waals surface area contributed by atoms with Gasteiger partial charge in [-0.25, -0.2) is 0 Å². The average molecular weight is 314 g/mol. The molecule has 18 heavy (non-hydrogen) atoms. The topological polar surface area (TPSA) is 21.3 Å². The molecule has 0 radical (unpaired) electrons. The Kier molecular flexibility index (Phi) is 8.10. The van der Waals surface area contributed by atoms with Gasteiger partial charge in [-0.1, -0.05) is 42.6 Å². The number of unbranched alkanes of at least 4 members (excludes halogenated alkanes) is 3. The number of hydrogen-bond donors (Lipinski definition) is 1. The van der Waals surface area contributed by atoms with Gasteiger partial charge in [0.2, 0.25) is 0 Å². The summed E-state index contributed by atoms with van der Waals surface area (Å²) >= 11 is 3.41. The maximum absolute atomic E-state index is 5.67. The number of nitrogens with one attached hydrogen (secondary N) is 1. The molecule has 0 heterocycles. The summed E-state index contributed by atoms with van der Waals surface area (Å²) in [6, 6.07) is 8.61. The first-order valence-corrected chi connectivity index (χ1v) is 7.59. The lowest BCUT2D eigenvalue weighted by Gasteiger charge is -2.08. The van der Waals surface area contributed by atoms with E-state index >= 15 is 0 Å². The van der Waals surface area contributed by atoms with E-state index in [0.717, 1.165) is 29.8 Å². The fourth-order valence-corrected chi connectivity index (χ4v) is 1.96. The van der Waals surface area contributed by atoms with E-state index in [9.17, 15) is 0 Å². The van der Waals surface area contributed by atoms with Crippen LogP contribution in [-0.2, 0) is 0 Å². The highest BCUT2D eigenvalue weighted by atomic mass is 79.9. The molecule has 1 aromatic carbocycles. The fraction of sp³-hybridized carbons (Fsp3) is 0.600. The molecular weight excluding hydrogens is 290 g/mol. The summed E-state index contributed by atoms with van der Waals surface area (Å²) < 4.78 is 6.76. The lowest BCUT2D eigenvalue weighted by Crippen LogP contribution is -2.23. The van der Waals surface area contributed by atoms with Gasteiger partial charge in [0.1, 0.15) is 5.75 Å². The zero-order valence-electron chi connectivity index (χ0n) is 11.4. The summed E-state index contributed by atoms with van der Waals surface area (Å²) in [6.45, 7) is 6.32. The molecule has 0 fully saturated rings. The highest BCUT2D eigenvalue weighted by Gasteiger charge is 1.95. The van der Waals surface area contributed by atoms with Gasteiger partial charge in [-0.15, -0.1) is 0 Å². The average Bonchev–Trinajstić information content (AvgIpc) is 2.34. The van der Waals surface area contributed by atoms with Gasteiger partial charge in [0.25, 0.3) is 0 Å². The Morgan fingerprint density at radius 3 is 2.39 bits per heavy atom. The van der Waals surface area contributed by atoms with E-state index in [0.29, 0.717) is 6.04 Å². The van der Waals surface area contributed by atoms with Crippen LogP contribution in [0, 0.1) is 0 Å². The van der Waals surface area contributed by atoms with Crippen molar-refractivity contribution < 1.29 is 4.74 Å². The lowest BCUT2D eigenvalue weighted by atomic mass is 10.2. The van der Waals surface area contributed by atoms with Gasteiger partial charge in [0.05, 0.1) is 6.61 Å². The lowest BCUT2D eigenvalue weighted by molar-refractivity contribution is 0.304. The first kappa shape index (κ1) is 15.5. The molecule has 0 aromatic heterocycles. The van der Waals surface area contributed by atoms with Crippen LogP contribution >= 0.6 is 15.9 Å². The molecule has 1 N–H and O–H groups in total. The van der Waals surface area contributed by atoms with E-state index in [-0.39, 0.29) is 0 Å². The Morgan fingerprint density at radius 1 is 1.06 bits per heavy atom. The smallest absolute Gasteiger partial charge is 0.119 e. The fourth-order valence-electron chi connectivity index (χ4n) is 1.69. The van der Waals surface area contributed by atoms with Crippen LogP contribution in [0.15, 0.2) is 28.7 Å². The number of halogens is 1. The van der Waals surface area contributed by atoms with Crippen molar-refractivity contribution in [2.24, 2.45) is 0 Å². The standard InChI is InChI=1S/C15H24BrNO/c1-13(2)17-11-5-3-4-6-12-18-15-9-7-14(16)8-10-15/h7-10,13,17H,3-6,11-12H2,1-2H3. The van der Waals surface area contributed by atoms with Gasteiger partial charge in [-0.3, -0.25) is 0 Å². The van der Waals surface area contributed by atoms with Crippen LogP contribution in [0.5, 0.6) is 5.75 Å². The molecule has 1 rings (SSSR count). The number of hydrogen-bond acceptors (Lipinski definition) is 2. The molecule has 0 aliphatic rings. The van der Waals surface area contributed by atoms with Crippen molar-refractivity contribution in [3.8, 4) is 5.75 Å². The molecule has 2 nitrogen and oxygen atoms in total. The van der Waals surface area contributed by atoms with E-state index in [1.54, 1.807) is 0 Å². The number of benzene rings is 1. The van der Waals surface area contributed by atoms with Crippen LogP contribution in [-0.4, -0.2) is 19.2 Å². The van der Waals surface area contributed by atoms with Crippen LogP contribution < -0.4 is 10.1 Å². The van der Waals surface area contributed by atoms with Crippen molar-refractivity contribution in [2.75, 3.05) is 13.2 Å². The summed E-state index contributed by atoms with van der Waals surface area (Å²) in [6.07, 6.45) is 4.92. The van der Waals surface area contributed by atoms with Crippen LogP contribution in [0.1, 0.15) is 39.5 Å². The predicted molar refractivity (Wildman–Crippen MR) is 81.2 cm³/mol. The van der Waals surface area contributed by atoms with E-state index in [1.807, 2.05) is 24.3 Å². The monoisotopic (exact) mass is 313 g/mol. The van der Waals surface area contributed by atoms with E-state index in [2.05, 4.69) is 35.1 Å². The molecule has 0 saturated heterocycles. The zero-order chi connectivity index (χ0) is 13.2. The van der Waals surface area contributed by atoms with Crippen molar-refractivity contribution in [1.29, 1.82) is 0 Å². The first-order valence-electron chi connectivity index (χ1n) is 6.80. The highest BCUT2D eigenvalue weighted by Crippen LogP contribution is 2.16. The quantitative estimate of drug-likeness (QED) is 0.683. The maximum atomic E-state index is 5.67. The van der Waals surface area contributed by atoms with Crippen LogP contribution in [0.4, 0.5) is 0 Å². The van der Waals surface area contributed by atoms with Gasteiger partial charge >= 0.3 is 0 Å². The van der Waals surface area contributed by atoms with Crippen molar-refractivity contribution in [2.45, 2.75) is 45.6 Å². The molecule has 0 atom stereocenters. The third-order valence-electron chi connectivity index (χ3n) is 2.71. The number of ether oxygens (including phenoxy) is 1. The highest BCUT2D eigenvalue weighted by molar-refractivity contribution is 9.10. The third-order valence-corrected chi connectivity index (χ3v) is 3.23. The minimum Gasteiger partial charge on any atom is -0.494 e. The summed E-state index contributed by atoms with van der Waals surface area (Å²) in [5.41, 5.74) is 0. The summed E-state index contributed by atoms with van der Waals surface area (Å²) in [5, 5.41) is 3.43. The number of rotatable bonds is 9. The Bertz CT molecular complexity index is 311. The Hall–Kier alpha value is -0.540. The van der Waals surface area contributed by atoms with Gasteiger partial charge in [-0.2, -0.15) is 0 Å². The molecule has 0 amide bonds. The van der Waals surface area contributed by atoms with E-state index < -0.39 is 0 Å². The van der Waals surface area contributed by atoms with Crippen LogP contribution in [0.25, 0.3) is 0 Å². The molecule has 0 saturated carbocycles. The second-order valence-electron chi connectivity index (χ2n) is 4.83. The molecule has 0 unspecified atom stereocenters. The normalized spacial score (nSPS) is 10.9. The second-order valence-corrected chi connectivity index (χ2v) is 5.74. The minimum atomic E-state index is 0.603. The second kappa shape index (κ2) is 9.40. The largest absolute Gasteiger partial charge is 0.494 e. The van der Waals surface area contributed by atoms with Crippen molar-refractivity contribution >= 4 is 15.9 Å². The molecule has 0 aliphatic heterocycles. The van der Waals surface area contributed by atoms with Gasteiger partial charge in [0, 0.05) is 10.5 Å². The van der Waals surface area contributed by atoms with Crippen molar-refractivity contribution in [3.63, 3.8) is 0 Å². The van der Waals surface area contributed by atoms with E-state index in [4.69, 9.17) is 4.74 Å². The van der Waals surface area contributed by atoms with Gasteiger partial charge < -0.3 is 10.1 Å². The molecule has 102 valence electrons. The third kappa shape index (κ3) is 7.72. The minimum absolute atomic E-state index is 0.603. The van der Waals surface area contributed by atoms with Gasteiger partial charge in [-0.05, 0) is 43.7 Å². The first-order chi connectivity index (χ1) is 8.68. The van der Waals surface area contributed by atoms with E-state index in [1.165, 1.54) is 19.3 Å².